The summed E-state index contributed by atoms with van der Waals surface area (Å²) in [6, 6.07) is 14.6. The van der Waals surface area contributed by atoms with Crippen molar-refractivity contribution < 1.29 is 14.6 Å². The number of hydrogen-bond acceptors (Lipinski definition) is 5. The molecule has 8 nitrogen and oxygen atoms in total. The molecule has 5 rings (SSSR count). The lowest BCUT2D eigenvalue weighted by molar-refractivity contribution is 0.0273. The van der Waals surface area contributed by atoms with Gasteiger partial charge in [0.2, 0.25) is 0 Å². The van der Waals surface area contributed by atoms with Crippen LogP contribution in [0.15, 0.2) is 42.5 Å². The summed E-state index contributed by atoms with van der Waals surface area (Å²) in [5.74, 6) is 0.0675. The topological polar surface area (TPSA) is 92.0 Å². The number of rotatable bonds is 4. The number of benzene rings is 1. The van der Waals surface area contributed by atoms with Crippen LogP contribution in [0.1, 0.15) is 12.0 Å². The fourth-order valence-corrected chi connectivity index (χ4v) is 3.96. The number of aromatic nitrogens is 3. The van der Waals surface area contributed by atoms with Crippen LogP contribution in [0.25, 0.3) is 16.9 Å². The average Bonchev–Trinajstić information content (AvgIpc) is 3.36. The molecule has 2 fully saturated rings. The number of amides is 1. The summed E-state index contributed by atoms with van der Waals surface area (Å²) in [5, 5.41) is 15.3. The van der Waals surface area contributed by atoms with Crippen molar-refractivity contribution in [3.05, 3.63) is 48.0 Å². The quantitative estimate of drug-likeness (QED) is 0.738. The van der Waals surface area contributed by atoms with Crippen LogP contribution in [0.2, 0.25) is 0 Å². The molecule has 4 heterocycles. The van der Waals surface area contributed by atoms with Crippen LogP contribution in [-0.2, 0) is 11.3 Å². The van der Waals surface area contributed by atoms with Gasteiger partial charge < -0.3 is 9.84 Å². The lowest BCUT2D eigenvalue weighted by atomic mass is 10.1. The fourth-order valence-electron chi connectivity index (χ4n) is 3.96. The molecule has 2 atom stereocenters. The molecule has 138 valence electrons. The molecule has 8 heteroatoms. The normalized spacial score (nSPS) is 21.8. The first kappa shape index (κ1) is 16.2. The summed E-state index contributed by atoms with van der Waals surface area (Å²) in [5.41, 5.74) is 3.72. The highest BCUT2D eigenvalue weighted by Gasteiger charge is 2.38. The van der Waals surface area contributed by atoms with Crippen molar-refractivity contribution >= 4 is 17.7 Å². The second-order valence-corrected chi connectivity index (χ2v) is 7.02. The number of anilines is 1. The Kier molecular flexibility index (Phi) is 3.80. The van der Waals surface area contributed by atoms with E-state index in [-0.39, 0.29) is 5.95 Å². The van der Waals surface area contributed by atoms with Gasteiger partial charge in [0.05, 0.1) is 18.4 Å². The zero-order valence-corrected chi connectivity index (χ0v) is 14.6. The van der Waals surface area contributed by atoms with Crippen molar-refractivity contribution in [1.29, 1.82) is 0 Å². The number of nitrogens with zero attached hydrogens (tertiary/aromatic N) is 4. The molecule has 27 heavy (non-hydrogen) atoms. The van der Waals surface area contributed by atoms with E-state index in [9.17, 15) is 4.79 Å². The van der Waals surface area contributed by atoms with E-state index in [0.717, 1.165) is 37.4 Å². The molecule has 2 aliphatic heterocycles. The molecular formula is C19H19N5O3. The Labute approximate surface area is 155 Å². The van der Waals surface area contributed by atoms with Crippen molar-refractivity contribution in [3.8, 4) is 11.3 Å². The second-order valence-electron chi connectivity index (χ2n) is 7.02. The molecule has 2 N–H and O–H groups in total. The van der Waals surface area contributed by atoms with Crippen molar-refractivity contribution in [1.82, 2.24) is 19.5 Å². The van der Waals surface area contributed by atoms with Gasteiger partial charge in [-0.2, -0.15) is 4.98 Å². The van der Waals surface area contributed by atoms with Gasteiger partial charge >= 0.3 is 6.09 Å². The number of morpholine rings is 1. The summed E-state index contributed by atoms with van der Waals surface area (Å²) < 4.78 is 7.31. The van der Waals surface area contributed by atoms with E-state index in [2.05, 4.69) is 44.6 Å². The van der Waals surface area contributed by atoms with E-state index in [0.29, 0.717) is 17.8 Å². The summed E-state index contributed by atoms with van der Waals surface area (Å²) in [6.07, 6.45) is 0.379. The minimum atomic E-state index is -1.18. The summed E-state index contributed by atoms with van der Waals surface area (Å²) in [4.78, 5) is 17.5. The number of nitrogens with one attached hydrogen (secondary N) is 1. The Bertz CT molecular complexity index is 1000. The highest BCUT2D eigenvalue weighted by Crippen LogP contribution is 2.29. The third kappa shape index (κ3) is 3.02. The summed E-state index contributed by atoms with van der Waals surface area (Å²) in [6.45, 7) is 2.80. The largest absolute Gasteiger partial charge is 0.465 e. The van der Waals surface area contributed by atoms with Crippen molar-refractivity contribution in [2.24, 2.45) is 0 Å². The monoisotopic (exact) mass is 365 g/mol. The second kappa shape index (κ2) is 6.33. The summed E-state index contributed by atoms with van der Waals surface area (Å²) >= 11 is 0. The van der Waals surface area contributed by atoms with Gasteiger partial charge in [-0.15, -0.1) is 5.10 Å². The van der Waals surface area contributed by atoms with Gasteiger partial charge in [0, 0.05) is 24.7 Å². The number of pyridine rings is 1. The van der Waals surface area contributed by atoms with E-state index in [1.165, 1.54) is 5.56 Å². The zero-order valence-electron chi connectivity index (χ0n) is 14.6. The Morgan fingerprint density at radius 2 is 2.11 bits per heavy atom. The Morgan fingerprint density at radius 3 is 2.81 bits per heavy atom. The molecule has 3 aromatic rings. The molecule has 1 amide bonds. The number of fused-ring (bicyclic) bond motifs is 3. The maximum atomic E-state index is 10.8. The summed E-state index contributed by atoms with van der Waals surface area (Å²) in [7, 11) is 0. The molecule has 2 saturated heterocycles. The fraction of sp³-hybridized carbons (Fsp3) is 0.316. The molecule has 0 saturated carbocycles. The first-order valence-corrected chi connectivity index (χ1v) is 8.96. The number of ether oxygens (including phenoxy) is 1. The smallest absolute Gasteiger partial charge is 0.411 e. The van der Waals surface area contributed by atoms with Crippen molar-refractivity contribution in [2.45, 2.75) is 25.1 Å². The SMILES string of the molecule is O=C(O)Nc1nc2cccc(-c3ccc(CN4C[C@@H]5C[C@H]4CO5)cc3)n2n1. The molecule has 2 aromatic heterocycles. The molecule has 0 radical (unpaired) electrons. The van der Waals surface area contributed by atoms with Crippen LogP contribution < -0.4 is 5.32 Å². The number of carboxylic acid groups (broad SMARTS) is 1. The standard InChI is InChI=1S/C19H19N5O3/c25-19(26)21-18-20-17-3-1-2-16(24(17)22-18)13-6-4-12(5-7-13)9-23-10-15-8-14(23)11-27-15/h1-7,14-15H,8-11H2,(H,21,22)(H,25,26)/t14-,15-/m0/s1. The predicted molar refractivity (Wildman–Crippen MR) is 98.6 cm³/mol. The molecule has 0 spiro atoms. The van der Waals surface area contributed by atoms with E-state index in [1.807, 2.05) is 12.1 Å². The van der Waals surface area contributed by atoms with E-state index < -0.39 is 6.09 Å². The van der Waals surface area contributed by atoms with E-state index in [4.69, 9.17) is 9.84 Å². The van der Waals surface area contributed by atoms with Crippen LogP contribution in [0, 0.1) is 0 Å². The van der Waals surface area contributed by atoms with Crippen LogP contribution in [0.4, 0.5) is 10.7 Å². The zero-order chi connectivity index (χ0) is 18.4. The molecule has 0 aliphatic carbocycles. The molecular weight excluding hydrogens is 346 g/mol. The number of hydrogen-bond donors (Lipinski definition) is 2. The molecule has 2 aliphatic rings. The average molecular weight is 365 g/mol. The van der Waals surface area contributed by atoms with Gasteiger partial charge in [0.1, 0.15) is 0 Å². The van der Waals surface area contributed by atoms with Crippen molar-refractivity contribution in [2.75, 3.05) is 18.5 Å². The molecule has 0 unspecified atom stereocenters. The third-order valence-corrected chi connectivity index (χ3v) is 5.23. The minimum absolute atomic E-state index is 0.0675. The first-order chi connectivity index (χ1) is 13.2. The lowest BCUT2D eigenvalue weighted by Crippen LogP contribution is -2.36. The van der Waals surface area contributed by atoms with E-state index in [1.54, 1.807) is 10.6 Å². The van der Waals surface area contributed by atoms with E-state index >= 15 is 0 Å². The van der Waals surface area contributed by atoms with Gasteiger partial charge in [-0.05, 0) is 24.1 Å². The number of carbonyl (C=O) groups is 1. The highest BCUT2D eigenvalue weighted by molar-refractivity contribution is 5.80. The van der Waals surface area contributed by atoms with Gasteiger partial charge in [0.15, 0.2) is 5.65 Å². The number of likely N-dealkylation sites (tertiary alicyclic amines) is 1. The predicted octanol–water partition coefficient (Wildman–Crippen LogP) is 2.46. The van der Waals surface area contributed by atoms with Crippen LogP contribution >= 0.6 is 0 Å². The molecule has 2 bridgehead atoms. The Balaban J connectivity index is 1.39. The maximum absolute atomic E-state index is 10.8. The van der Waals surface area contributed by atoms with Crippen LogP contribution in [0.5, 0.6) is 0 Å². The van der Waals surface area contributed by atoms with Crippen LogP contribution in [-0.4, -0.2) is 56.0 Å². The van der Waals surface area contributed by atoms with Gasteiger partial charge in [-0.3, -0.25) is 10.2 Å². The van der Waals surface area contributed by atoms with Gasteiger partial charge in [0.25, 0.3) is 5.95 Å². The molecule has 1 aromatic carbocycles. The third-order valence-electron chi connectivity index (χ3n) is 5.23. The highest BCUT2D eigenvalue weighted by atomic mass is 16.5. The lowest BCUT2D eigenvalue weighted by Gasteiger charge is -2.26. The maximum Gasteiger partial charge on any atom is 0.411 e. The van der Waals surface area contributed by atoms with Crippen molar-refractivity contribution in [3.63, 3.8) is 0 Å². The Morgan fingerprint density at radius 1 is 1.26 bits per heavy atom. The minimum Gasteiger partial charge on any atom is -0.465 e. The van der Waals surface area contributed by atoms with Gasteiger partial charge in [-0.1, -0.05) is 30.3 Å². The van der Waals surface area contributed by atoms with Crippen LogP contribution in [0.3, 0.4) is 0 Å². The Hall–Kier alpha value is -2.97. The first-order valence-electron chi connectivity index (χ1n) is 8.96. The van der Waals surface area contributed by atoms with Gasteiger partial charge in [-0.25, -0.2) is 9.31 Å².